The Bertz CT molecular complexity index is 1140. The van der Waals surface area contributed by atoms with E-state index in [0.29, 0.717) is 10.8 Å². The summed E-state index contributed by atoms with van der Waals surface area (Å²) >= 11 is -0.826. The van der Waals surface area contributed by atoms with Crippen LogP contribution >= 0.6 is 17.0 Å². The van der Waals surface area contributed by atoms with Gasteiger partial charge < -0.3 is 14.9 Å². The number of halogens is 2. The molecule has 4 aliphatic rings. The summed E-state index contributed by atoms with van der Waals surface area (Å²) in [6.07, 6.45) is 11.5. The van der Waals surface area contributed by atoms with Crippen LogP contribution in [-0.2, 0) is 20.8 Å². The molecule has 0 N–H and O–H groups in total. The van der Waals surface area contributed by atoms with Crippen LogP contribution in [0.5, 0.6) is 0 Å². The molecule has 0 nitrogen and oxygen atoms in total. The van der Waals surface area contributed by atoms with E-state index in [1.165, 1.54) is 62.5 Å². The number of hydrogen-bond acceptors (Lipinski definition) is 0. The van der Waals surface area contributed by atoms with E-state index in [4.69, 9.17) is 17.0 Å². The molecule has 244 valence electrons. The van der Waals surface area contributed by atoms with Crippen molar-refractivity contribution in [3.63, 3.8) is 0 Å². The third-order valence-corrected chi connectivity index (χ3v) is 19.4. The van der Waals surface area contributed by atoms with Crippen LogP contribution in [0.25, 0.3) is 0 Å². The van der Waals surface area contributed by atoms with Crippen LogP contribution in [0.15, 0.2) is 48.5 Å². The summed E-state index contributed by atoms with van der Waals surface area (Å²) in [4.78, 5) is 0. The molecule has 4 saturated carbocycles. The molecule has 0 bridgehead atoms. The molecule has 0 heterocycles. The van der Waals surface area contributed by atoms with E-state index in [1.54, 1.807) is 11.1 Å². The van der Waals surface area contributed by atoms with Gasteiger partial charge in [0.05, 0.1) is 8.07 Å². The molecular weight excluding hydrogens is 671 g/mol. The topological polar surface area (TPSA) is 0 Å². The van der Waals surface area contributed by atoms with Crippen LogP contribution < -0.4 is 0 Å². The van der Waals surface area contributed by atoms with Crippen molar-refractivity contribution < 1.29 is 20.8 Å². The molecule has 2 aromatic carbocycles. The van der Waals surface area contributed by atoms with Crippen LogP contribution in [0.2, 0.25) is 24.2 Å². The standard InChI is InChI=1S/C38H56Si.2CH3.2ClH.Zr/c1-25-15-9-11-17-29(25)31-19-13-21-37(5)33(31)23-27(3)35(37)39(7,8)36-28(4)24-34-32(20-14-22-38(34,36)6)30-18-12-10-16-26(30)2;;;;;/h9-12,15-18,27-28,31-36H,13-14,19-24H2,1-8H3;2*1H3;2*1H;/q;2*-1;;;+4/p-2. The molecule has 0 aromatic heterocycles. The Morgan fingerprint density at radius 2 is 1.02 bits per heavy atom. The third kappa shape index (κ3) is 6.57. The second-order valence-electron chi connectivity index (χ2n) is 16.2. The maximum atomic E-state index is 4.93. The van der Waals surface area contributed by atoms with Crippen molar-refractivity contribution in [1.82, 2.24) is 0 Å². The van der Waals surface area contributed by atoms with Crippen molar-refractivity contribution in [2.45, 2.75) is 129 Å². The molecule has 0 radical (unpaired) electrons. The molecule has 44 heavy (non-hydrogen) atoms. The zero-order chi connectivity index (χ0) is 30.4. The van der Waals surface area contributed by atoms with E-state index in [1.807, 2.05) is 0 Å². The first-order valence-electron chi connectivity index (χ1n) is 17.0. The molecule has 0 saturated heterocycles. The van der Waals surface area contributed by atoms with Crippen LogP contribution in [0, 0.1) is 63.2 Å². The first-order valence-corrected chi connectivity index (χ1v) is 26.5. The Labute approximate surface area is 292 Å². The Morgan fingerprint density at radius 1 is 0.682 bits per heavy atom. The van der Waals surface area contributed by atoms with E-state index in [-0.39, 0.29) is 14.9 Å². The minimum atomic E-state index is -1.61. The Kier molecular flexibility index (Phi) is 13.3. The zero-order valence-corrected chi connectivity index (χ0v) is 34.6. The molecular formula is C40H62Cl2SiZr. The molecule has 4 fully saturated rings. The van der Waals surface area contributed by atoms with Gasteiger partial charge in [0.15, 0.2) is 0 Å². The van der Waals surface area contributed by atoms with Crippen molar-refractivity contribution in [1.29, 1.82) is 0 Å². The molecule has 4 heteroatoms. The second kappa shape index (κ2) is 15.1. The van der Waals surface area contributed by atoms with Crippen LogP contribution in [0.1, 0.15) is 113 Å². The van der Waals surface area contributed by atoms with Crippen LogP contribution in [0.4, 0.5) is 0 Å². The first-order chi connectivity index (χ1) is 19.9. The summed E-state index contributed by atoms with van der Waals surface area (Å²) < 4.78 is 0. The molecule has 0 spiro atoms. The molecule has 0 aliphatic heterocycles. The van der Waals surface area contributed by atoms with Crippen molar-refractivity contribution >= 4 is 25.1 Å². The van der Waals surface area contributed by atoms with Crippen molar-refractivity contribution in [3.05, 3.63) is 85.6 Å². The molecule has 10 unspecified atom stereocenters. The van der Waals surface area contributed by atoms with E-state index >= 15 is 0 Å². The second-order valence-corrected chi connectivity index (χ2v) is 24.8. The van der Waals surface area contributed by atoms with Gasteiger partial charge in [-0.1, -0.05) is 102 Å². The van der Waals surface area contributed by atoms with Gasteiger partial charge in [-0.15, -0.1) is 0 Å². The zero-order valence-electron chi connectivity index (χ0n) is 29.7. The summed E-state index contributed by atoms with van der Waals surface area (Å²) in [6, 6.07) is 18.8. The fourth-order valence-corrected chi connectivity index (χ4v) is 20.9. The van der Waals surface area contributed by atoms with Gasteiger partial charge in [-0.25, -0.2) is 0 Å². The average Bonchev–Trinajstić information content (AvgIpc) is 3.38. The van der Waals surface area contributed by atoms with Gasteiger partial charge in [0.2, 0.25) is 0 Å². The summed E-state index contributed by atoms with van der Waals surface area (Å²) in [5.41, 5.74) is 9.34. The number of aryl methyl sites for hydroxylation is 2. The third-order valence-electron chi connectivity index (χ3n) is 13.7. The first kappa shape index (κ1) is 38.6. The number of hydrogen-bond donors (Lipinski definition) is 0. The van der Waals surface area contributed by atoms with Crippen molar-refractivity contribution in [2.24, 2.45) is 34.5 Å². The predicted octanol–water partition coefficient (Wildman–Crippen LogP) is 13.6. The Hall–Kier alpha value is 0.120. The molecule has 0 amide bonds. The normalized spacial score (nSPS) is 37.7. The quantitative estimate of drug-likeness (QED) is 0.217. The van der Waals surface area contributed by atoms with E-state index in [9.17, 15) is 0 Å². The van der Waals surface area contributed by atoms with Crippen LogP contribution in [0.3, 0.4) is 0 Å². The van der Waals surface area contributed by atoms with Gasteiger partial charge >= 0.3 is 37.9 Å². The predicted molar refractivity (Wildman–Crippen MR) is 196 cm³/mol. The summed E-state index contributed by atoms with van der Waals surface area (Å²) in [6.45, 7) is 21.5. The SMILES string of the molecule is Cc1ccccc1C1CCCC2(C)C1CC(C)C2[Si](C)(C)C1C(C)CC2C(c3ccccc3C)CCCC21C.[CH3-].[CH3-].[Cl][Zr+2][Cl]. The Morgan fingerprint density at radius 3 is 1.36 bits per heavy atom. The summed E-state index contributed by atoms with van der Waals surface area (Å²) in [5.74, 6) is 5.02. The molecule has 4 aliphatic carbocycles. The summed E-state index contributed by atoms with van der Waals surface area (Å²) in [7, 11) is 8.26. The van der Waals surface area contributed by atoms with Gasteiger partial charge in [-0.05, 0) is 132 Å². The maximum absolute atomic E-state index is 4.93. The fraction of sp³-hybridized carbons (Fsp3) is 0.650. The average molecular weight is 733 g/mol. The monoisotopic (exact) mass is 730 g/mol. The minimum absolute atomic E-state index is 0. The Balaban J connectivity index is 0.00000102. The number of fused-ring (bicyclic) bond motifs is 2. The number of benzene rings is 2. The van der Waals surface area contributed by atoms with Gasteiger partial charge in [-0.3, -0.25) is 0 Å². The van der Waals surface area contributed by atoms with Gasteiger partial charge in [0, 0.05) is 0 Å². The fourth-order valence-electron chi connectivity index (χ4n) is 13.2. The van der Waals surface area contributed by atoms with Gasteiger partial charge in [0.1, 0.15) is 0 Å². The van der Waals surface area contributed by atoms with Crippen molar-refractivity contribution in [2.75, 3.05) is 0 Å². The number of rotatable bonds is 4. The van der Waals surface area contributed by atoms with E-state index < -0.39 is 28.9 Å². The van der Waals surface area contributed by atoms with E-state index in [0.717, 1.165) is 46.6 Å². The van der Waals surface area contributed by atoms with Gasteiger partial charge in [0.25, 0.3) is 0 Å². The molecule has 10 atom stereocenters. The van der Waals surface area contributed by atoms with Crippen molar-refractivity contribution in [3.8, 4) is 0 Å². The molecule has 6 rings (SSSR count). The molecule has 2 aromatic rings. The van der Waals surface area contributed by atoms with E-state index in [2.05, 4.69) is 103 Å². The van der Waals surface area contributed by atoms with Gasteiger partial charge in [-0.2, -0.15) is 0 Å². The van der Waals surface area contributed by atoms with Crippen LogP contribution in [-0.4, -0.2) is 8.07 Å². The summed E-state index contributed by atoms with van der Waals surface area (Å²) in [5, 5.41) is 0.